The van der Waals surface area contributed by atoms with Crippen LogP contribution >= 0.6 is 0 Å². The number of hydrogen-bond acceptors (Lipinski definition) is 2. The van der Waals surface area contributed by atoms with E-state index in [4.69, 9.17) is 10.8 Å². The maximum absolute atomic E-state index is 13.0. The monoisotopic (exact) mass is 240 g/mol. The van der Waals surface area contributed by atoms with Gasteiger partial charge in [-0.25, -0.2) is 9.18 Å². The molecule has 0 radical (unpaired) electrons. The minimum Gasteiger partial charge on any atom is -0.465 e. The number of alkyl halides is 1. The molecule has 1 atom stereocenters. The van der Waals surface area contributed by atoms with Gasteiger partial charge in [-0.3, -0.25) is 4.90 Å². The van der Waals surface area contributed by atoms with Gasteiger partial charge < -0.3 is 10.8 Å². The molecule has 1 aromatic carbocycles. The highest BCUT2D eigenvalue weighted by atomic mass is 19.1. The Morgan fingerprint density at radius 3 is 2.47 bits per heavy atom. The average Bonchev–Trinajstić information content (AvgIpc) is 2.36. The van der Waals surface area contributed by atoms with Gasteiger partial charge in [-0.15, -0.1) is 0 Å². The average molecular weight is 240 g/mol. The fourth-order valence-electron chi connectivity index (χ4n) is 1.49. The van der Waals surface area contributed by atoms with Gasteiger partial charge in [0, 0.05) is 13.1 Å². The molecule has 1 amide bonds. The number of carboxylic acid groups (broad SMARTS) is 1. The molecule has 0 fully saturated rings. The molecule has 17 heavy (non-hydrogen) atoms. The molecule has 0 saturated carbocycles. The van der Waals surface area contributed by atoms with Gasteiger partial charge in [-0.1, -0.05) is 30.3 Å². The number of carbonyl (C=O) groups is 1. The summed E-state index contributed by atoms with van der Waals surface area (Å²) in [6.07, 6.45) is -1.17. The smallest absolute Gasteiger partial charge is 0.408 e. The Bertz CT molecular complexity index is 366. The predicted octanol–water partition coefficient (Wildman–Crippen LogP) is 1.85. The maximum atomic E-state index is 13.0. The Kier molecular flexibility index (Phi) is 4.45. The van der Waals surface area contributed by atoms with Crippen LogP contribution < -0.4 is 5.73 Å². The summed E-state index contributed by atoms with van der Waals surface area (Å²) in [5.74, 6) is 0. The first-order valence-corrected chi connectivity index (χ1v) is 5.34. The molecule has 4 nitrogen and oxygen atoms in total. The molecular weight excluding hydrogens is 223 g/mol. The fourth-order valence-corrected chi connectivity index (χ4v) is 1.49. The molecule has 0 aliphatic carbocycles. The molecule has 0 aliphatic rings. The van der Waals surface area contributed by atoms with Crippen LogP contribution in [-0.4, -0.2) is 34.9 Å². The third-order valence-electron chi connectivity index (χ3n) is 2.79. The van der Waals surface area contributed by atoms with Crippen molar-refractivity contribution in [1.29, 1.82) is 0 Å². The van der Waals surface area contributed by atoms with Crippen LogP contribution in [0.4, 0.5) is 9.18 Å². The van der Waals surface area contributed by atoms with E-state index < -0.39 is 18.3 Å². The van der Waals surface area contributed by atoms with E-state index in [0.29, 0.717) is 0 Å². The van der Waals surface area contributed by atoms with Crippen LogP contribution in [0.2, 0.25) is 0 Å². The number of nitrogens with two attached hydrogens (primary N) is 1. The second kappa shape index (κ2) is 5.63. The highest BCUT2D eigenvalue weighted by Gasteiger charge is 2.34. The lowest BCUT2D eigenvalue weighted by molar-refractivity contribution is 0.0668. The van der Waals surface area contributed by atoms with Gasteiger partial charge in [-0.2, -0.15) is 0 Å². The van der Waals surface area contributed by atoms with Crippen LogP contribution in [0.15, 0.2) is 30.3 Å². The van der Waals surface area contributed by atoms with Crippen LogP contribution in [0.25, 0.3) is 0 Å². The lowest BCUT2D eigenvalue weighted by atomic mass is 10.0. The largest absolute Gasteiger partial charge is 0.465 e. The standard InChI is InChI=1S/C12H17FN2O2/c1-12(8-13,9-14)15(11(16)17)7-10-5-3-2-4-6-10/h2-6H,7-9,14H2,1H3,(H,16,17). The van der Waals surface area contributed by atoms with E-state index in [0.717, 1.165) is 10.5 Å². The molecule has 0 aromatic heterocycles. The second-order valence-electron chi connectivity index (χ2n) is 4.19. The Morgan fingerprint density at radius 2 is 2.06 bits per heavy atom. The van der Waals surface area contributed by atoms with Crippen molar-refractivity contribution in [2.75, 3.05) is 13.2 Å². The number of hydrogen-bond donors (Lipinski definition) is 2. The van der Waals surface area contributed by atoms with Crippen molar-refractivity contribution in [2.24, 2.45) is 5.73 Å². The molecule has 1 aromatic rings. The lowest BCUT2D eigenvalue weighted by Crippen LogP contribution is -2.55. The van der Waals surface area contributed by atoms with Crippen LogP contribution in [-0.2, 0) is 6.54 Å². The Balaban J connectivity index is 2.91. The normalized spacial score (nSPS) is 14.1. The molecular formula is C12H17FN2O2. The highest BCUT2D eigenvalue weighted by Crippen LogP contribution is 2.18. The minimum absolute atomic E-state index is 0.0529. The van der Waals surface area contributed by atoms with Crippen molar-refractivity contribution in [1.82, 2.24) is 4.90 Å². The molecule has 0 aliphatic heterocycles. The van der Waals surface area contributed by atoms with Crippen molar-refractivity contribution in [3.8, 4) is 0 Å². The summed E-state index contributed by atoms with van der Waals surface area (Å²) >= 11 is 0. The number of benzene rings is 1. The lowest BCUT2D eigenvalue weighted by Gasteiger charge is -2.36. The number of halogens is 1. The summed E-state index contributed by atoms with van der Waals surface area (Å²) in [4.78, 5) is 12.2. The second-order valence-corrected chi connectivity index (χ2v) is 4.19. The summed E-state index contributed by atoms with van der Waals surface area (Å²) in [5, 5.41) is 9.14. The summed E-state index contributed by atoms with van der Waals surface area (Å²) < 4.78 is 13.0. The topological polar surface area (TPSA) is 66.6 Å². The summed E-state index contributed by atoms with van der Waals surface area (Å²) in [6, 6.07) is 9.05. The van der Waals surface area contributed by atoms with Gasteiger partial charge in [0.05, 0.1) is 5.54 Å². The minimum atomic E-state index is -1.18. The number of rotatable bonds is 5. The Hall–Kier alpha value is -1.62. The van der Waals surface area contributed by atoms with E-state index in [9.17, 15) is 9.18 Å². The zero-order valence-corrected chi connectivity index (χ0v) is 9.77. The van der Waals surface area contributed by atoms with Gasteiger partial charge in [0.25, 0.3) is 0 Å². The Morgan fingerprint density at radius 1 is 1.47 bits per heavy atom. The van der Waals surface area contributed by atoms with Crippen molar-refractivity contribution < 1.29 is 14.3 Å². The van der Waals surface area contributed by atoms with Crippen LogP contribution in [0.3, 0.4) is 0 Å². The van der Waals surface area contributed by atoms with Gasteiger partial charge in [0.2, 0.25) is 0 Å². The van der Waals surface area contributed by atoms with Crippen molar-refractivity contribution in [2.45, 2.75) is 19.0 Å². The molecule has 94 valence electrons. The van der Waals surface area contributed by atoms with Crippen LogP contribution in [0, 0.1) is 0 Å². The number of nitrogens with zero attached hydrogens (tertiary/aromatic N) is 1. The molecule has 0 saturated heterocycles. The molecule has 0 heterocycles. The predicted molar refractivity (Wildman–Crippen MR) is 63.4 cm³/mol. The molecule has 1 unspecified atom stereocenters. The summed E-state index contributed by atoms with van der Waals surface area (Å²) in [5.41, 5.74) is 5.09. The summed E-state index contributed by atoms with van der Waals surface area (Å²) in [7, 11) is 0. The molecule has 1 rings (SSSR count). The van der Waals surface area contributed by atoms with Crippen LogP contribution in [0.1, 0.15) is 12.5 Å². The fraction of sp³-hybridized carbons (Fsp3) is 0.417. The van der Waals surface area contributed by atoms with Crippen LogP contribution in [0.5, 0.6) is 0 Å². The van der Waals surface area contributed by atoms with E-state index in [-0.39, 0.29) is 13.1 Å². The van der Waals surface area contributed by atoms with Gasteiger partial charge in [0.15, 0.2) is 0 Å². The molecule has 5 heteroatoms. The molecule has 3 N–H and O–H groups in total. The Labute approximate surface area is 99.8 Å². The first-order valence-electron chi connectivity index (χ1n) is 5.34. The van der Waals surface area contributed by atoms with E-state index >= 15 is 0 Å². The zero-order valence-electron chi connectivity index (χ0n) is 9.77. The SMILES string of the molecule is CC(CN)(CF)N(Cc1ccccc1)C(=O)O. The van der Waals surface area contributed by atoms with Crippen molar-refractivity contribution in [3.05, 3.63) is 35.9 Å². The van der Waals surface area contributed by atoms with E-state index in [1.165, 1.54) is 6.92 Å². The van der Waals surface area contributed by atoms with Gasteiger partial charge in [-0.05, 0) is 12.5 Å². The van der Waals surface area contributed by atoms with E-state index in [1.807, 2.05) is 18.2 Å². The first-order chi connectivity index (χ1) is 8.03. The molecule has 0 spiro atoms. The highest BCUT2D eigenvalue weighted by molar-refractivity contribution is 5.66. The quantitative estimate of drug-likeness (QED) is 0.825. The van der Waals surface area contributed by atoms with Gasteiger partial charge >= 0.3 is 6.09 Å². The van der Waals surface area contributed by atoms with Crippen molar-refractivity contribution >= 4 is 6.09 Å². The molecule has 0 bridgehead atoms. The zero-order chi connectivity index (χ0) is 12.9. The van der Waals surface area contributed by atoms with Crippen molar-refractivity contribution in [3.63, 3.8) is 0 Å². The first kappa shape index (κ1) is 13.4. The third-order valence-corrected chi connectivity index (χ3v) is 2.79. The van der Waals surface area contributed by atoms with E-state index in [2.05, 4.69) is 0 Å². The van der Waals surface area contributed by atoms with E-state index in [1.54, 1.807) is 12.1 Å². The summed E-state index contributed by atoms with van der Waals surface area (Å²) in [6.45, 7) is 0.781. The van der Waals surface area contributed by atoms with Gasteiger partial charge in [0.1, 0.15) is 6.67 Å². The number of amides is 1. The third kappa shape index (κ3) is 3.17. The maximum Gasteiger partial charge on any atom is 0.408 e.